The van der Waals surface area contributed by atoms with Gasteiger partial charge in [-0.3, -0.25) is 4.68 Å². The summed E-state index contributed by atoms with van der Waals surface area (Å²) in [5, 5.41) is 8.14. The molecule has 0 aliphatic heterocycles. The number of hydrogen-bond donors (Lipinski definition) is 1. The third-order valence-electron chi connectivity index (χ3n) is 2.46. The Bertz CT molecular complexity index is 366. The largest absolute Gasteiger partial charge is 0.319 e. The Morgan fingerprint density at radius 2 is 2.31 bits per heavy atom. The van der Waals surface area contributed by atoms with Crippen molar-refractivity contribution in [2.24, 2.45) is 0 Å². The van der Waals surface area contributed by atoms with Gasteiger partial charge in [0.1, 0.15) is 0 Å². The van der Waals surface area contributed by atoms with Gasteiger partial charge in [-0.05, 0) is 46.4 Å². The SMILES string of the molecule is CNCC/C=C(/C)c1c(Cl)cnn1C(C)C. The number of rotatable bonds is 5. The molecule has 0 saturated heterocycles. The molecule has 0 aliphatic rings. The van der Waals surface area contributed by atoms with Crippen molar-refractivity contribution in [1.29, 1.82) is 0 Å². The van der Waals surface area contributed by atoms with Crippen LogP contribution in [0, 0.1) is 0 Å². The van der Waals surface area contributed by atoms with E-state index in [0.29, 0.717) is 6.04 Å². The minimum absolute atomic E-state index is 0.329. The van der Waals surface area contributed by atoms with E-state index in [1.807, 2.05) is 11.7 Å². The zero-order chi connectivity index (χ0) is 12.1. The van der Waals surface area contributed by atoms with Crippen LogP contribution in [0.3, 0.4) is 0 Å². The molecule has 1 N–H and O–H groups in total. The maximum absolute atomic E-state index is 6.16. The number of aromatic nitrogens is 2. The molecule has 0 fully saturated rings. The van der Waals surface area contributed by atoms with E-state index in [1.54, 1.807) is 6.20 Å². The van der Waals surface area contributed by atoms with Crippen LogP contribution in [-0.2, 0) is 0 Å². The minimum atomic E-state index is 0.329. The van der Waals surface area contributed by atoms with Gasteiger partial charge >= 0.3 is 0 Å². The Morgan fingerprint density at radius 1 is 1.62 bits per heavy atom. The Kier molecular flexibility index (Phi) is 5.03. The number of allylic oxidation sites excluding steroid dienone is 1. The maximum atomic E-state index is 6.16. The minimum Gasteiger partial charge on any atom is -0.319 e. The van der Waals surface area contributed by atoms with Crippen LogP contribution < -0.4 is 5.32 Å². The highest BCUT2D eigenvalue weighted by Gasteiger charge is 2.12. The van der Waals surface area contributed by atoms with Gasteiger partial charge < -0.3 is 5.32 Å². The third kappa shape index (κ3) is 3.09. The molecule has 0 radical (unpaired) electrons. The molecule has 4 heteroatoms. The van der Waals surface area contributed by atoms with Crippen LogP contribution in [0.1, 0.15) is 38.9 Å². The zero-order valence-electron chi connectivity index (χ0n) is 10.4. The summed E-state index contributed by atoms with van der Waals surface area (Å²) in [4.78, 5) is 0. The second-order valence-corrected chi connectivity index (χ2v) is 4.57. The first-order valence-electron chi connectivity index (χ1n) is 5.62. The average molecular weight is 242 g/mol. The van der Waals surface area contributed by atoms with E-state index >= 15 is 0 Å². The highest BCUT2D eigenvalue weighted by atomic mass is 35.5. The number of nitrogens with zero attached hydrogens (tertiary/aromatic N) is 2. The summed E-state index contributed by atoms with van der Waals surface area (Å²) in [7, 11) is 1.95. The molecule has 1 heterocycles. The maximum Gasteiger partial charge on any atom is 0.0862 e. The molecule has 0 aliphatic carbocycles. The summed E-state index contributed by atoms with van der Waals surface area (Å²) < 4.78 is 1.97. The Labute approximate surface area is 102 Å². The van der Waals surface area contributed by atoms with Gasteiger partial charge in [-0.15, -0.1) is 0 Å². The molecular weight excluding hydrogens is 222 g/mol. The van der Waals surface area contributed by atoms with Crippen molar-refractivity contribution in [2.75, 3.05) is 13.6 Å². The van der Waals surface area contributed by atoms with Gasteiger partial charge in [0.2, 0.25) is 0 Å². The number of nitrogens with one attached hydrogen (secondary N) is 1. The average Bonchev–Trinajstić information content (AvgIpc) is 2.60. The Hall–Kier alpha value is -0.800. The summed E-state index contributed by atoms with van der Waals surface area (Å²) in [6, 6.07) is 0.329. The monoisotopic (exact) mass is 241 g/mol. The Morgan fingerprint density at radius 3 is 2.88 bits per heavy atom. The molecule has 0 atom stereocenters. The van der Waals surface area contributed by atoms with Crippen molar-refractivity contribution in [2.45, 2.75) is 33.2 Å². The first-order chi connectivity index (χ1) is 7.57. The lowest BCUT2D eigenvalue weighted by Gasteiger charge is -2.11. The number of halogens is 1. The van der Waals surface area contributed by atoms with Gasteiger partial charge in [0.05, 0.1) is 16.9 Å². The lowest BCUT2D eigenvalue weighted by Crippen LogP contribution is -2.08. The van der Waals surface area contributed by atoms with Gasteiger partial charge in [0.25, 0.3) is 0 Å². The molecule has 1 rings (SSSR count). The zero-order valence-corrected chi connectivity index (χ0v) is 11.2. The first-order valence-corrected chi connectivity index (χ1v) is 6.00. The van der Waals surface area contributed by atoms with Crippen molar-refractivity contribution in [3.8, 4) is 0 Å². The predicted molar refractivity (Wildman–Crippen MR) is 69.8 cm³/mol. The quantitative estimate of drug-likeness (QED) is 0.803. The lowest BCUT2D eigenvalue weighted by molar-refractivity contribution is 0.527. The highest BCUT2D eigenvalue weighted by molar-refractivity contribution is 6.32. The molecular formula is C12H20ClN3. The van der Waals surface area contributed by atoms with E-state index in [-0.39, 0.29) is 0 Å². The van der Waals surface area contributed by atoms with E-state index in [0.717, 1.165) is 23.7 Å². The van der Waals surface area contributed by atoms with Gasteiger partial charge in [-0.2, -0.15) is 5.10 Å². The molecule has 16 heavy (non-hydrogen) atoms. The molecule has 1 aromatic rings. The van der Waals surface area contributed by atoms with E-state index in [1.165, 1.54) is 5.57 Å². The molecule has 0 saturated carbocycles. The fourth-order valence-corrected chi connectivity index (χ4v) is 1.91. The van der Waals surface area contributed by atoms with Crippen LogP contribution in [0.2, 0.25) is 5.02 Å². The summed E-state index contributed by atoms with van der Waals surface area (Å²) in [5.41, 5.74) is 2.22. The van der Waals surface area contributed by atoms with E-state index in [2.05, 4.69) is 37.3 Å². The second kappa shape index (κ2) is 6.06. The van der Waals surface area contributed by atoms with Crippen molar-refractivity contribution >= 4 is 17.2 Å². The summed E-state index contributed by atoms with van der Waals surface area (Å²) in [6.07, 6.45) is 4.91. The molecule has 0 aromatic carbocycles. The van der Waals surface area contributed by atoms with E-state index in [9.17, 15) is 0 Å². The summed E-state index contributed by atoms with van der Waals surface area (Å²) in [5.74, 6) is 0. The molecule has 1 aromatic heterocycles. The second-order valence-electron chi connectivity index (χ2n) is 4.16. The molecule has 3 nitrogen and oxygen atoms in total. The van der Waals surface area contributed by atoms with E-state index < -0.39 is 0 Å². The van der Waals surface area contributed by atoms with Gasteiger partial charge in [-0.1, -0.05) is 17.7 Å². The lowest BCUT2D eigenvalue weighted by atomic mass is 10.1. The summed E-state index contributed by atoms with van der Waals surface area (Å²) >= 11 is 6.16. The van der Waals surface area contributed by atoms with Crippen LogP contribution in [0.4, 0.5) is 0 Å². The molecule has 0 bridgehead atoms. The van der Waals surface area contributed by atoms with Gasteiger partial charge in [-0.25, -0.2) is 0 Å². The Balaban J connectivity index is 2.93. The van der Waals surface area contributed by atoms with Crippen molar-refractivity contribution in [3.05, 3.63) is 23.0 Å². The topological polar surface area (TPSA) is 29.9 Å². The van der Waals surface area contributed by atoms with Crippen LogP contribution >= 0.6 is 11.6 Å². The van der Waals surface area contributed by atoms with Gasteiger partial charge in [0, 0.05) is 6.04 Å². The van der Waals surface area contributed by atoms with Crippen molar-refractivity contribution in [1.82, 2.24) is 15.1 Å². The fourth-order valence-electron chi connectivity index (χ4n) is 1.63. The molecule has 0 unspecified atom stereocenters. The highest BCUT2D eigenvalue weighted by Crippen LogP contribution is 2.26. The standard InChI is InChI=1S/C12H20ClN3/c1-9(2)16-12(11(13)8-15-16)10(3)6-5-7-14-4/h6,8-9,14H,5,7H2,1-4H3/b10-6-. The van der Waals surface area contributed by atoms with Gasteiger partial charge in [0.15, 0.2) is 0 Å². The normalized spacial score (nSPS) is 12.5. The van der Waals surface area contributed by atoms with Crippen LogP contribution in [0.5, 0.6) is 0 Å². The van der Waals surface area contributed by atoms with Crippen LogP contribution in [-0.4, -0.2) is 23.4 Å². The molecule has 90 valence electrons. The van der Waals surface area contributed by atoms with Crippen molar-refractivity contribution in [3.63, 3.8) is 0 Å². The molecule has 0 amide bonds. The summed E-state index contributed by atoms with van der Waals surface area (Å²) in [6.45, 7) is 7.27. The predicted octanol–water partition coefficient (Wildman–Crippen LogP) is 3.13. The number of hydrogen-bond acceptors (Lipinski definition) is 2. The smallest absolute Gasteiger partial charge is 0.0862 e. The van der Waals surface area contributed by atoms with E-state index in [4.69, 9.17) is 11.6 Å². The first kappa shape index (κ1) is 13.3. The van der Waals surface area contributed by atoms with Crippen LogP contribution in [0.25, 0.3) is 5.57 Å². The van der Waals surface area contributed by atoms with Crippen LogP contribution in [0.15, 0.2) is 12.3 Å². The van der Waals surface area contributed by atoms with Crippen molar-refractivity contribution < 1.29 is 0 Å². The molecule has 0 spiro atoms. The fraction of sp³-hybridized carbons (Fsp3) is 0.583. The third-order valence-corrected chi connectivity index (χ3v) is 2.73.